The highest BCUT2D eigenvalue weighted by atomic mass is 79.9. The first-order valence-corrected chi connectivity index (χ1v) is 7.22. The first-order valence-electron chi connectivity index (χ1n) is 6.43. The van der Waals surface area contributed by atoms with E-state index in [9.17, 15) is 0 Å². The summed E-state index contributed by atoms with van der Waals surface area (Å²) >= 11 is 3.37. The first-order chi connectivity index (χ1) is 9.72. The predicted molar refractivity (Wildman–Crippen MR) is 85.7 cm³/mol. The number of fused-ring (bicyclic) bond motifs is 1. The van der Waals surface area contributed by atoms with Crippen molar-refractivity contribution in [3.63, 3.8) is 0 Å². The van der Waals surface area contributed by atoms with Crippen LogP contribution >= 0.6 is 15.9 Å². The van der Waals surface area contributed by atoms with Gasteiger partial charge >= 0.3 is 0 Å². The average Bonchev–Trinajstić information content (AvgIpc) is 2.46. The van der Waals surface area contributed by atoms with E-state index in [2.05, 4.69) is 55.5 Å². The van der Waals surface area contributed by atoms with Crippen LogP contribution in [0.3, 0.4) is 0 Å². The van der Waals surface area contributed by atoms with Crippen molar-refractivity contribution in [2.75, 3.05) is 5.32 Å². The van der Waals surface area contributed by atoms with E-state index in [1.165, 1.54) is 5.56 Å². The monoisotopic (exact) mass is 327 g/mol. The molecule has 1 aromatic carbocycles. The summed E-state index contributed by atoms with van der Waals surface area (Å²) in [4.78, 5) is 8.71. The topological polar surface area (TPSA) is 37.8 Å². The quantitative estimate of drug-likeness (QED) is 0.728. The third-order valence-corrected chi connectivity index (χ3v) is 3.64. The van der Waals surface area contributed by atoms with Gasteiger partial charge in [0.25, 0.3) is 0 Å². The number of pyridine rings is 2. The number of rotatable bonds is 3. The molecule has 20 heavy (non-hydrogen) atoms. The zero-order chi connectivity index (χ0) is 13.9. The van der Waals surface area contributed by atoms with Crippen LogP contribution in [-0.4, -0.2) is 9.97 Å². The molecule has 0 aliphatic carbocycles. The largest absolute Gasteiger partial charge is 0.380 e. The van der Waals surface area contributed by atoms with Crippen LogP contribution in [0.2, 0.25) is 0 Å². The molecule has 0 saturated carbocycles. The summed E-state index contributed by atoms with van der Waals surface area (Å²) in [5.74, 6) is 0. The number of nitrogens with zero attached hydrogens (tertiary/aromatic N) is 2. The number of hydrogen-bond acceptors (Lipinski definition) is 3. The summed E-state index contributed by atoms with van der Waals surface area (Å²) in [6.07, 6.45) is 1.82. The second-order valence-corrected chi connectivity index (χ2v) is 5.46. The standard InChI is InChI=1S/C16H14BrN3/c1-11-14(6-7-16(17)20-11)19-10-12-4-5-15-13(9-12)3-2-8-18-15/h2-9,19H,10H2,1H3. The van der Waals surface area contributed by atoms with Gasteiger partial charge in [-0.2, -0.15) is 0 Å². The zero-order valence-corrected chi connectivity index (χ0v) is 12.7. The number of benzene rings is 1. The van der Waals surface area contributed by atoms with E-state index in [1.54, 1.807) is 0 Å². The molecule has 0 aliphatic rings. The minimum absolute atomic E-state index is 0.773. The van der Waals surface area contributed by atoms with Crippen molar-refractivity contribution in [3.05, 3.63) is 64.5 Å². The maximum atomic E-state index is 4.38. The number of nitrogens with one attached hydrogen (secondary N) is 1. The third kappa shape index (κ3) is 2.80. The number of aromatic nitrogens is 2. The second kappa shape index (κ2) is 5.59. The Balaban J connectivity index is 1.79. The summed E-state index contributed by atoms with van der Waals surface area (Å²) in [7, 11) is 0. The number of anilines is 1. The molecule has 0 atom stereocenters. The second-order valence-electron chi connectivity index (χ2n) is 4.65. The van der Waals surface area contributed by atoms with Crippen molar-refractivity contribution >= 4 is 32.5 Å². The smallest absolute Gasteiger partial charge is 0.106 e. The molecule has 0 saturated heterocycles. The maximum absolute atomic E-state index is 4.38. The van der Waals surface area contributed by atoms with E-state index < -0.39 is 0 Å². The van der Waals surface area contributed by atoms with Gasteiger partial charge in [-0.1, -0.05) is 12.1 Å². The summed E-state index contributed by atoms with van der Waals surface area (Å²) in [5.41, 5.74) is 4.30. The lowest BCUT2D eigenvalue weighted by Crippen LogP contribution is -2.02. The predicted octanol–water partition coefficient (Wildman–Crippen LogP) is 4.31. The molecule has 1 N–H and O–H groups in total. The van der Waals surface area contributed by atoms with Crippen molar-refractivity contribution in [1.29, 1.82) is 0 Å². The fourth-order valence-corrected chi connectivity index (χ4v) is 2.55. The summed E-state index contributed by atoms with van der Waals surface area (Å²) in [5, 5.41) is 4.58. The molecular weight excluding hydrogens is 314 g/mol. The molecule has 3 aromatic rings. The Bertz CT molecular complexity index is 756. The van der Waals surface area contributed by atoms with E-state index in [4.69, 9.17) is 0 Å². The van der Waals surface area contributed by atoms with Crippen LogP contribution in [0.4, 0.5) is 5.69 Å². The Labute approximate surface area is 126 Å². The molecule has 0 fully saturated rings. The lowest BCUT2D eigenvalue weighted by molar-refractivity contribution is 1.10. The highest BCUT2D eigenvalue weighted by molar-refractivity contribution is 9.10. The fraction of sp³-hybridized carbons (Fsp3) is 0.125. The Hall–Kier alpha value is -1.94. The minimum Gasteiger partial charge on any atom is -0.380 e. The van der Waals surface area contributed by atoms with E-state index >= 15 is 0 Å². The molecule has 0 unspecified atom stereocenters. The van der Waals surface area contributed by atoms with E-state index in [0.29, 0.717) is 0 Å². The zero-order valence-electron chi connectivity index (χ0n) is 11.1. The van der Waals surface area contributed by atoms with E-state index in [1.807, 2.05) is 31.3 Å². The van der Waals surface area contributed by atoms with Gasteiger partial charge in [0.1, 0.15) is 4.60 Å². The molecule has 3 nitrogen and oxygen atoms in total. The molecule has 0 aliphatic heterocycles. The van der Waals surface area contributed by atoms with Crippen LogP contribution in [0.5, 0.6) is 0 Å². The molecular formula is C16H14BrN3. The highest BCUT2D eigenvalue weighted by Crippen LogP contribution is 2.18. The van der Waals surface area contributed by atoms with Crippen molar-refractivity contribution in [2.45, 2.75) is 13.5 Å². The lowest BCUT2D eigenvalue weighted by atomic mass is 10.1. The van der Waals surface area contributed by atoms with Gasteiger partial charge in [-0.05, 0) is 58.7 Å². The Morgan fingerprint density at radius 3 is 2.90 bits per heavy atom. The minimum atomic E-state index is 0.773. The highest BCUT2D eigenvalue weighted by Gasteiger charge is 2.01. The molecule has 2 aromatic heterocycles. The molecule has 0 amide bonds. The van der Waals surface area contributed by atoms with Gasteiger partial charge in [0.2, 0.25) is 0 Å². The van der Waals surface area contributed by atoms with Crippen LogP contribution < -0.4 is 5.32 Å². The average molecular weight is 328 g/mol. The summed E-state index contributed by atoms with van der Waals surface area (Å²) in [6, 6.07) is 14.3. The van der Waals surface area contributed by atoms with Gasteiger partial charge in [0.05, 0.1) is 16.9 Å². The fourth-order valence-electron chi connectivity index (χ4n) is 2.15. The number of hydrogen-bond donors (Lipinski definition) is 1. The molecule has 4 heteroatoms. The Morgan fingerprint density at radius 2 is 2.05 bits per heavy atom. The van der Waals surface area contributed by atoms with E-state index in [-0.39, 0.29) is 0 Å². The Morgan fingerprint density at radius 1 is 1.15 bits per heavy atom. The van der Waals surface area contributed by atoms with Gasteiger partial charge in [-0.25, -0.2) is 4.98 Å². The summed E-state index contributed by atoms with van der Waals surface area (Å²) in [6.45, 7) is 2.77. The van der Waals surface area contributed by atoms with Crippen molar-refractivity contribution in [2.24, 2.45) is 0 Å². The van der Waals surface area contributed by atoms with Crippen LogP contribution in [-0.2, 0) is 6.54 Å². The van der Waals surface area contributed by atoms with Gasteiger partial charge < -0.3 is 5.32 Å². The molecule has 2 heterocycles. The number of halogens is 1. The summed E-state index contributed by atoms with van der Waals surface area (Å²) < 4.78 is 0.859. The normalized spacial score (nSPS) is 10.7. The number of aryl methyl sites for hydroxylation is 1. The molecule has 0 spiro atoms. The van der Waals surface area contributed by atoms with Crippen LogP contribution in [0, 0.1) is 6.92 Å². The van der Waals surface area contributed by atoms with Crippen LogP contribution in [0.25, 0.3) is 10.9 Å². The molecule has 100 valence electrons. The van der Waals surface area contributed by atoms with Gasteiger partial charge in [0, 0.05) is 18.1 Å². The molecule has 0 radical (unpaired) electrons. The van der Waals surface area contributed by atoms with Gasteiger partial charge in [-0.15, -0.1) is 0 Å². The lowest BCUT2D eigenvalue weighted by Gasteiger charge is -2.09. The van der Waals surface area contributed by atoms with Gasteiger partial charge in [-0.3, -0.25) is 4.98 Å². The Kier molecular flexibility index (Phi) is 3.65. The van der Waals surface area contributed by atoms with Crippen molar-refractivity contribution in [3.8, 4) is 0 Å². The van der Waals surface area contributed by atoms with Crippen LogP contribution in [0.15, 0.2) is 53.3 Å². The third-order valence-electron chi connectivity index (χ3n) is 3.20. The maximum Gasteiger partial charge on any atom is 0.106 e. The SMILES string of the molecule is Cc1nc(Br)ccc1NCc1ccc2ncccc2c1. The molecule has 0 bridgehead atoms. The van der Waals surface area contributed by atoms with Crippen LogP contribution in [0.1, 0.15) is 11.3 Å². The van der Waals surface area contributed by atoms with Crippen molar-refractivity contribution in [1.82, 2.24) is 9.97 Å². The first kappa shape index (κ1) is 13.1. The van der Waals surface area contributed by atoms with E-state index in [0.717, 1.165) is 33.4 Å². The van der Waals surface area contributed by atoms with Gasteiger partial charge in [0.15, 0.2) is 0 Å². The molecule has 3 rings (SSSR count). The van der Waals surface area contributed by atoms with Crippen molar-refractivity contribution < 1.29 is 0 Å².